The summed E-state index contributed by atoms with van der Waals surface area (Å²) in [6.07, 6.45) is 5.32. The van der Waals surface area contributed by atoms with Crippen molar-refractivity contribution < 1.29 is 9.18 Å². The highest BCUT2D eigenvalue weighted by molar-refractivity contribution is 5.94. The Morgan fingerprint density at radius 2 is 2.04 bits per heavy atom. The van der Waals surface area contributed by atoms with E-state index < -0.39 is 5.54 Å². The molecule has 7 nitrogen and oxygen atoms in total. The Balaban J connectivity index is 1.62. The fourth-order valence-corrected chi connectivity index (χ4v) is 4.52. The summed E-state index contributed by atoms with van der Waals surface area (Å²) in [5.41, 5.74) is 0.481. The van der Waals surface area contributed by atoms with Gasteiger partial charge in [0.15, 0.2) is 5.82 Å². The van der Waals surface area contributed by atoms with Crippen molar-refractivity contribution in [2.45, 2.75) is 50.6 Å². The van der Waals surface area contributed by atoms with Gasteiger partial charge in [0.05, 0.1) is 6.04 Å². The van der Waals surface area contributed by atoms with Gasteiger partial charge in [0.1, 0.15) is 11.4 Å². The van der Waals surface area contributed by atoms with Crippen LogP contribution in [-0.4, -0.2) is 63.1 Å². The molecule has 28 heavy (non-hydrogen) atoms. The summed E-state index contributed by atoms with van der Waals surface area (Å²) in [6, 6.07) is 5.01. The third-order valence-electron chi connectivity index (χ3n) is 6.39. The monoisotopic (exact) mass is 386 g/mol. The molecule has 1 aliphatic heterocycles. The number of tetrazole rings is 1. The summed E-state index contributed by atoms with van der Waals surface area (Å²) < 4.78 is 15.9. The van der Waals surface area contributed by atoms with Crippen LogP contribution in [-0.2, 0) is 5.54 Å². The highest BCUT2D eigenvalue weighted by atomic mass is 19.1. The van der Waals surface area contributed by atoms with E-state index in [0.717, 1.165) is 25.1 Å². The van der Waals surface area contributed by atoms with Gasteiger partial charge in [-0.2, -0.15) is 0 Å². The summed E-state index contributed by atoms with van der Waals surface area (Å²) in [7, 11) is 4.01. The molecule has 1 saturated heterocycles. The topological polar surface area (TPSA) is 67.2 Å². The van der Waals surface area contributed by atoms with Crippen LogP contribution in [0.25, 0.3) is 0 Å². The van der Waals surface area contributed by atoms with Gasteiger partial charge in [-0.3, -0.25) is 9.69 Å². The molecule has 0 spiro atoms. The number of hydrogen-bond acceptors (Lipinski definition) is 5. The first kappa shape index (κ1) is 19.0. The van der Waals surface area contributed by atoms with Gasteiger partial charge >= 0.3 is 0 Å². The van der Waals surface area contributed by atoms with Crippen molar-refractivity contribution in [1.29, 1.82) is 0 Å². The normalized spacial score (nSPS) is 23.1. The molecule has 1 unspecified atom stereocenters. The number of likely N-dealkylation sites (N-methyl/N-ethyl adjacent to an activating group) is 1. The lowest BCUT2D eigenvalue weighted by Crippen LogP contribution is -2.47. The second-order valence-corrected chi connectivity index (χ2v) is 8.25. The molecule has 2 aromatic rings. The van der Waals surface area contributed by atoms with E-state index in [1.165, 1.54) is 18.9 Å². The third-order valence-corrected chi connectivity index (χ3v) is 6.39. The second kappa shape index (κ2) is 7.24. The van der Waals surface area contributed by atoms with Crippen LogP contribution in [0.5, 0.6) is 0 Å². The Bertz CT molecular complexity index is 875. The number of likely N-dealkylation sites (tertiary alicyclic amines) is 1. The molecule has 1 aromatic heterocycles. The summed E-state index contributed by atoms with van der Waals surface area (Å²) in [5, 5.41) is 12.7. The highest BCUT2D eigenvalue weighted by Crippen LogP contribution is 2.39. The van der Waals surface area contributed by atoms with Crippen molar-refractivity contribution in [3.8, 4) is 0 Å². The number of rotatable bonds is 4. The van der Waals surface area contributed by atoms with Crippen molar-refractivity contribution in [1.82, 2.24) is 30.0 Å². The first-order valence-electron chi connectivity index (χ1n) is 9.93. The molecule has 1 aliphatic carbocycles. The summed E-state index contributed by atoms with van der Waals surface area (Å²) in [5.74, 6) is 0.325. The molecular weight excluding hydrogens is 359 g/mol. The zero-order chi connectivity index (χ0) is 19.9. The van der Waals surface area contributed by atoms with Crippen LogP contribution in [0, 0.1) is 12.7 Å². The van der Waals surface area contributed by atoms with Gasteiger partial charge in [-0.15, -0.1) is 5.10 Å². The molecule has 1 atom stereocenters. The molecule has 1 saturated carbocycles. The minimum Gasteiger partial charge on any atom is -0.336 e. The van der Waals surface area contributed by atoms with E-state index in [0.29, 0.717) is 30.3 Å². The van der Waals surface area contributed by atoms with E-state index in [4.69, 9.17) is 0 Å². The van der Waals surface area contributed by atoms with Crippen molar-refractivity contribution in [2.24, 2.45) is 0 Å². The average Bonchev–Trinajstić information content (AvgIpc) is 3.42. The molecule has 1 aromatic carbocycles. The molecule has 2 aliphatic rings. The minimum atomic E-state index is -0.439. The molecule has 1 amide bonds. The molecule has 2 fully saturated rings. The van der Waals surface area contributed by atoms with Crippen molar-refractivity contribution >= 4 is 5.91 Å². The number of halogens is 1. The summed E-state index contributed by atoms with van der Waals surface area (Å²) in [4.78, 5) is 16.9. The Morgan fingerprint density at radius 1 is 1.29 bits per heavy atom. The van der Waals surface area contributed by atoms with E-state index in [1.54, 1.807) is 24.0 Å². The van der Waals surface area contributed by atoms with Crippen LogP contribution in [0.15, 0.2) is 18.2 Å². The second-order valence-electron chi connectivity index (χ2n) is 8.25. The first-order chi connectivity index (χ1) is 13.4. The predicted molar refractivity (Wildman–Crippen MR) is 102 cm³/mol. The Morgan fingerprint density at radius 3 is 2.71 bits per heavy atom. The van der Waals surface area contributed by atoms with Gasteiger partial charge in [0.25, 0.3) is 5.91 Å². The summed E-state index contributed by atoms with van der Waals surface area (Å²) in [6.45, 7) is 2.77. The lowest BCUT2D eigenvalue weighted by atomic mass is 9.95. The zero-order valence-corrected chi connectivity index (χ0v) is 16.7. The predicted octanol–water partition coefficient (Wildman–Crippen LogP) is 2.54. The van der Waals surface area contributed by atoms with Gasteiger partial charge in [0, 0.05) is 18.7 Å². The van der Waals surface area contributed by atoms with E-state index in [1.807, 2.05) is 18.8 Å². The van der Waals surface area contributed by atoms with Crippen LogP contribution in [0.4, 0.5) is 4.39 Å². The zero-order valence-electron chi connectivity index (χ0n) is 16.7. The number of carbonyl (C=O) groups excluding carboxylic acids is 1. The van der Waals surface area contributed by atoms with Crippen molar-refractivity contribution in [3.05, 3.63) is 41.0 Å². The molecule has 0 N–H and O–H groups in total. The number of aromatic nitrogens is 4. The van der Waals surface area contributed by atoms with Crippen LogP contribution in [0.1, 0.15) is 59.9 Å². The number of hydrogen-bond donors (Lipinski definition) is 0. The number of amides is 1. The Labute approximate surface area is 164 Å². The number of nitrogens with zero attached hydrogens (tertiary/aromatic N) is 6. The highest BCUT2D eigenvalue weighted by Gasteiger charge is 2.48. The maximum atomic E-state index is 13.9. The van der Waals surface area contributed by atoms with Gasteiger partial charge in [-0.05, 0) is 68.4 Å². The lowest BCUT2D eigenvalue weighted by Gasteiger charge is -2.35. The SMILES string of the molecule is Cc1ccc(C(=O)N2CCC(c3nnnn3C3CCCC3)(N(C)C)C2)cc1F. The lowest BCUT2D eigenvalue weighted by molar-refractivity contribution is 0.0737. The van der Waals surface area contributed by atoms with E-state index in [2.05, 4.69) is 20.4 Å². The van der Waals surface area contributed by atoms with E-state index >= 15 is 0 Å². The molecule has 0 bridgehead atoms. The van der Waals surface area contributed by atoms with Crippen molar-refractivity contribution in [2.75, 3.05) is 27.2 Å². The molecule has 0 radical (unpaired) electrons. The maximum Gasteiger partial charge on any atom is 0.254 e. The van der Waals surface area contributed by atoms with Crippen LogP contribution >= 0.6 is 0 Å². The largest absolute Gasteiger partial charge is 0.336 e. The van der Waals surface area contributed by atoms with Gasteiger partial charge < -0.3 is 4.90 Å². The van der Waals surface area contributed by atoms with Gasteiger partial charge in [0.2, 0.25) is 0 Å². The standard InChI is InChI=1S/C20H27FN6O/c1-14-8-9-15(12-17(14)21)18(28)26-11-10-20(13-26,25(2)3)19-22-23-24-27(19)16-6-4-5-7-16/h8-9,12,16H,4-7,10-11,13H2,1-3H3. The average molecular weight is 386 g/mol. The quantitative estimate of drug-likeness (QED) is 0.808. The molecule has 150 valence electrons. The number of carbonyl (C=O) groups is 1. The van der Waals surface area contributed by atoms with Crippen LogP contribution in [0.2, 0.25) is 0 Å². The molecule has 8 heteroatoms. The Kier molecular flexibility index (Phi) is 4.91. The van der Waals surface area contributed by atoms with Gasteiger partial charge in [-0.25, -0.2) is 9.07 Å². The minimum absolute atomic E-state index is 0.150. The molecule has 2 heterocycles. The number of aryl methyl sites for hydroxylation is 1. The molecular formula is C20H27FN6O. The van der Waals surface area contributed by atoms with Gasteiger partial charge in [-0.1, -0.05) is 18.9 Å². The van der Waals surface area contributed by atoms with Crippen LogP contribution in [0.3, 0.4) is 0 Å². The fourth-order valence-electron chi connectivity index (χ4n) is 4.52. The van der Waals surface area contributed by atoms with E-state index in [9.17, 15) is 9.18 Å². The third kappa shape index (κ3) is 3.09. The molecule has 4 rings (SSSR count). The van der Waals surface area contributed by atoms with Crippen LogP contribution < -0.4 is 0 Å². The summed E-state index contributed by atoms with van der Waals surface area (Å²) >= 11 is 0. The first-order valence-corrected chi connectivity index (χ1v) is 9.93. The number of benzene rings is 1. The van der Waals surface area contributed by atoms with Crippen molar-refractivity contribution in [3.63, 3.8) is 0 Å². The maximum absolute atomic E-state index is 13.9. The smallest absolute Gasteiger partial charge is 0.254 e. The van der Waals surface area contributed by atoms with E-state index in [-0.39, 0.29) is 11.7 Å². The Hall–Kier alpha value is -2.35. The fraction of sp³-hybridized carbons (Fsp3) is 0.600.